The second kappa shape index (κ2) is 14.9. The Labute approximate surface area is 267 Å². The third-order valence-corrected chi connectivity index (χ3v) is 10.2. The van der Waals surface area contributed by atoms with Gasteiger partial charge in [0, 0.05) is 40.3 Å². The number of nitrogens with zero attached hydrogens (tertiary/aromatic N) is 3. The summed E-state index contributed by atoms with van der Waals surface area (Å²) in [5, 5.41) is 14.9. The summed E-state index contributed by atoms with van der Waals surface area (Å²) < 4.78 is 28.7. The van der Waals surface area contributed by atoms with E-state index in [1.165, 1.54) is 41.3 Å². The van der Waals surface area contributed by atoms with Gasteiger partial charge in [-0.3, -0.25) is 24.0 Å². The number of nitro groups is 1. The Hall–Kier alpha value is -3.67. The van der Waals surface area contributed by atoms with Crippen LogP contribution < -0.4 is 9.62 Å². The minimum Gasteiger partial charge on any atom is -0.352 e. The molecule has 0 radical (unpaired) electrons. The van der Waals surface area contributed by atoms with Gasteiger partial charge in [-0.1, -0.05) is 73.7 Å². The van der Waals surface area contributed by atoms with Gasteiger partial charge in [-0.2, -0.15) is 0 Å². The predicted octanol–water partition coefficient (Wildman–Crippen LogP) is 6.35. The van der Waals surface area contributed by atoms with Crippen molar-refractivity contribution in [3.63, 3.8) is 0 Å². The van der Waals surface area contributed by atoms with Crippen LogP contribution in [0.1, 0.15) is 51.0 Å². The van der Waals surface area contributed by atoms with E-state index in [-0.39, 0.29) is 41.2 Å². The number of carbonyl (C=O) groups excluding carboxylic acids is 2. The molecule has 1 aliphatic carbocycles. The monoisotopic (exact) mass is 660 g/mol. The molecule has 4 rings (SSSR count). The van der Waals surface area contributed by atoms with Crippen LogP contribution in [-0.2, 0) is 26.2 Å². The highest BCUT2D eigenvalue weighted by atomic mass is 35.5. The molecular weight excluding hydrogens is 627 g/mol. The first kappa shape index (κ1) is 33.2. The van der Waals surface area contributed by atoms with Gasteiger partial charge >= 0.3 is 0 Å². The maximum Gasteiger partial charge on any atom is 0.269 e. The van der Waals surface area contributed by atoms with Crippen LogP contribution in [0.5, 0.6) is 0 Å². The number of non-ortho nitro benzene ring substituents is 1. The van der Waals surface area contributed by atoms with E-state index >= 15 is 0 Å². The lowest BCUT2D eigenvalue weighted by Gasteiger charge is -2.34. The summed E-state index contributed by atoms with van der Waals surface area (Å²) in [6.07, 6.45) is 5.04. The molecule has 1 saturated carbocycles. The Morgan fingerprint density at radius 3 is 2.14 bits per heavy atom. The normalized spacial score (nSPS) is 14.4. The van der Waals surface area contributed by atoms with Gasteiger partial charge in [-0.25, -0.2) is 8.42 Å². The van der Waals surface area contributed by atoms with E-state index in [1.807, 2.05) is 0 Å². The molecule has 0 heterocycles. The summed E-state index contributed by atoms with van der Waals surface area (Å²) in [5.41, 5.74) is 0.224. The summed E-state index contributed by atoms with van der Waals surface area (Å²) in [6.45, 7) is 0.937. The van der Waals surface area contributed by atoms with Crippen LogP contribution in [0.25, 0.3) is 0 Å². The fraction of sp³-hybridized carbons (Fsp3) is 0.355. The predicted molar refractivity (Wildman–Crippen MR) is 170 cm³/mol. The molecule has 1 unspecified atom stereocenters. The molecule has 2 amide bonds. The fourth-order valence-electron chi connectivity index (χ4n) is 5.31. The summed E-state index contributed by atoms with van der Waals surface area (Å²) in [6, 6.07) is 16.4. The Morgan fingerprint density at radius 1 is 0.955 bits per heavy atom. The second-order valence-electron chi connectivity index (χ2n) is 10.6. The van der Waals surface area contributed by atoms with E-state index in [0.717, 1.165) is 36.4 Å². The van der Waals surface area contributed by atoms with Crippen molar-refractivity contribution < 1.29 is 22.9 Å². The molecule has 0 aliphatic heterocycles. The zero-order valence-electron chi connectivity index (χ0n) is 24.2. The summed E-state index contributed by atoms with van der Waals surface area (Å²) in [4.78, 5) is 39.8. The van der Waals surface area contributed by atoms with Crippen molar-refractivity contribution in [1.82, 2.24) is 10.2 Å². The fourth-order valence-corrected chi connectivity index (χ4v) is 7.26. The number of hydrogen-bond donors (Lipinski definition) is 1. The van der Waals surface area contributed by atoms with Crippen LogP contribution >= 0.6 is 23.2 Å². The summed E-state index contributed by atoms with van der Waals surface area (Å²) in [7, 11) is -4.32. The lowest BCUT2D eigenvalue weighted by atomic mass is 9.95. The third kappa shape index (κ3) is 7.88. The highest BCUT2D eigenvalue weighted by molar-refractivity contribution is 7.92. The molecule has 1 aliphatic rings. The summed E-state index contributed by atoms with van der Waals surface area (Å²) in [5.74, 6) is -1.02. The summed E-state index contributed by atoms with van der Waals surface area (Å²) >= 11 is 12.9. The van der Waals surface area contributed by atoms with Gasteiger partial charge in [0.25, 0.3) is 15.7 Å². The minimum atomic E-state index is -4.32. The molecule has 1 N–H and O–H groups in total. The molecule has 3 aromatic carbocycles. The lowest BCUT2D eigenvalue weighted by Crippen LogP contribution is -2.54. The molecule has 1 atom stereocenters. The highest BCUT2D eigenvalue weighted by Gasteiger charge is 2.35. The van der Waals surface area contributed by atoms with E-state index < -0.39 is 33.4 Å². The van der Waals surface area contributed by atoms with Crippen LogP contribution in [0.4, 0.5) is 11.4 Å². The van der Waals surface area contributed by atoms with E-state index in [0.29, 0.717) is 15.6 Å². The number of rotatable bonds is 12. The smallest absolute Gasteiger partial charge is 0.269 e. The molecule has 10 nitrogen and oxygen atoms in total. The first-order valence-electron chi connectivity index (χ1n) is 14.4. The third-order valence-electron chi connectivity index (χ3n) is 7.69. The van der Waals surface area contributed by atoms with Gasteiger partial charge in [0.15, 0.2) is 0 Å². The molecule has 0 spiro atoms. The van der Waals surface area contributed by atoms with Crippen molar-refractivity contribution in [2.45, 2.75) is 69.0 Å². The molecule has 3 aromatic rings. The highest BCUT2D eigenvalue weighted by Crippen LogP contribution is 2.30. The van der Waals surface area contributed by atoms with Gasteiger partial charge in [0.05, 0.1) is 15.5 Å². The quantitative estimate of drug-likeness (QED) is 0.178. The molecule has 1 fully saturated rings. The van der Waals surface area contributed by atoms with E-state index in [4.69, 9.17) is 23.2 Å². The lowest BCUT2D eigenvalue weighted by molar-refractivity contribution is -0.384. The first-order chi connectivity index (χ1) is 21.0. The number of nitro benzene ring substituents is 1. The largest absolute Gasteiger partial charge is 0.352 e. The average Bonchev–Trinajstić information content (AvgIpc) is 3.02. The first-order valence-corrected chi connectivity index (χ1v) is 16.6. The van der Waals surface area contributed by atoms with Crippen LogP contribution in [0, 0.1) is 10.1 Å². The van der Waals surface area contributed by atoms with Crippen LogP contribution in [0.2, 0.25) is 10.0 Å². The van der Waals surface area contributed by atoms with Crippen molar-refractivity contribution in [1.29, 1.82) is 0 Å². The molecule has 0 saturated heterocycles. The zero-order chi connectivity index (χ0) is 31.9. The topological polar surface area (TPSA) is 130 Å². The van der Waals surface area contributed by atoms with Gasteiger partial charge in [0.2, 0.25) is 11.8 Å². The Bertz CT molecular complexity index is 1560. The SMILES string of the molecule is CCC(C(=O)NC1CCCCC1)N(Cc1c(Cl)cccc1Cl)C(=O)CN(c1ccc([N+](=O)[O-])cc1)S(=O)(=O)c1ccccc1. The molecular formula is C31H34Cl2N4O6S. The van der Waals surface area contributed by atoms with Gasteiger partial charge in [0.1, 0.15) is 12.6 Å². The van der Waals surface area contributed by atoms with Crippen LogP contribution in [-0.4, -0.2) is 48.7 Å². The molecule has 44 heavy (non-hydrogen) atoms. The minimum absolute atomic E-state index is 0.0128. The van der Waals surface area contributed by atoms with Crippen molar-refractivity contribution in [2.24, 2.45) is 0 Å². The molecule has 0 aromatic heterocycles. The number of halogens is 2. The van der Waals surface area contributed by atoms with Crippen molar-refractivity contribution in [3.8, 4) is 0 Å². The second-order valence-corrected chi connectivity index (χ2v) is 13.3. The van der Waals surface area contributed by atoms with E-state index in [1.54, 1.807) is 43.3 Å². The molecule has 234 valence electrons. The van der Waals surface area contributed by atoms with Gasteiger partial charge in [-0.15, -0.1) is 0 Å². The number of anilines is 1. The Balaban J connectivity index is 1.74. The number of carbonyl (C=O) groups is 2. The van der Waals surface area contributed by atoms with Gasteiger partial charge in [-0.05, 0) is 55.7 Å². The number of benzene rings is 3. The standard InChI is InChI=1S/C31H34Cl2N4O6S/c1-2-29(31(39)34-22-10-5-3-6-11-22)35(20-26-27(32)14-9-15-28(26)33)30(38)21-36(23-16-18-24(19-17-23)37(40)41)44(42,43)25-12-7-4-8-13-25/h4,7-9,12-19,22,29H,2-3,5-6,10-11,20-21H2,1H3,(H,34,39). The maximum atomic E-state index is 14.2. The number of hydrogen-bond acceptors (Lipinski definition) is 6. The number of sulfonamides is 1. The van der Waals surface area contributed by atoms with Crippen molar-refractivity contribution in [3.05, 3.63) is 98.5 Å². The van der Waals surface area contributed by atoms with Crippen LogP contribution in [0.3, 0.4) is 0 Å². The van der Waals surface area contributed by atoms with Gasteiger partial charge < -0.3 is 10.2 Å². The van der Waals surface area contributed by atoms with Crippen LogP contribution in [0.15, 0.2) is 77.7 Å². The number of amides is 2. The maximum absolute atomic E-state index is 14.2. The Morgan fingerprint density at radius 2 is 1.57 bits per heavy atom. The van der Waals surface area contributed by atoms with E-state index in [2.05, 4.69) is 5.32 Å². The van der Waals surface area contributed by atoms with Crippen molar-refractivity contribution in [2.75, 3.05) is 10.8 Å². The molecule has 0 bridgehead atoms. The zero-order valence-corrected chi connectivity index (χ0v) is 26.5. The van der Waals surface area contributed by atoms with E-state index in [9.17, 15) is 28.1 Å². The van der Waals surface area contributed by atoms with Crippen molar-refractivity contribution >= 4 is 56.4 Å². The number of nitrogens with one attached hydrogen (secondary N) is 1. The average molecular weight is 662 g/mol. The Kier molecular flexibility index (Phi) is 11.2. The molecule has 13 heteroatoms.